The number of urea groups is 1. The number of likely N-dealkylation sites (tertiary alicyclic amines) is 1. The molecule has 19 heavy (non-hydrogen) atoms. The number of fused-ring (bicyclic) bond motifs is 2. The van der Waals surface area contributed by atoms with Crippen LogP contribution in [0.1, 0.15) is 19.0 Å². The Bertz CT molecular complexity index is 533. The number of amides is 2. The maximum absolute atomic E-state index is 11.1. The Hall–Kier alpha value is -2.31. The van der Waals surface area contributed by atoms with Gasteiger partial charge in [-0.1, -0.05) is 6.08 Å². The van der Waals surface area contributed by atoms with Crippen LogP contribution < -0.4 is 5.73 Å². The Morgan fingerprint density at radius 2 is 2.21 bits per heavy atom. The first kappa shape index (κ1) is 13.1. The van der Waals surface area contributed by atoms with Crippen molar-refractivity contribution >= 4 is 18.2 Å². The van der Waals surface area contributed by atoms with Crippen LogP contribution in [0, 0.1) is 0 Å². The number of aliphatic carboxylic acids is 1. The number of rotatable bonds is 0. The Balaban J connectivity index is 0.000000297. The smallest absolute Gasteiger partial charge is 0.314 e. The second-order valence-corrected chi connectivity index (χ2v) is 4.66. The topological polar surface area (TPSA) is 101 Å². The molecule has 3 heterocycles. The third-order valence-corrected chi connectivity index (χ3v) is 3.33. The summed E-state index contributed by atoms with van der Waals surface area (Å²) in [5, 5.41) is 11.6. The SMILES string of the molecule is CC(=O)O.NC(=O)N1CCC2(C=Cn3nccc32)C1. The van der Waals surface area contributed by atoms with Gasteiger partial charge in [0.15, 0.2) is 0 Å². The molecule has 1 spiro atoms. The molecule has 1 aromatic rings. The minimum absolute atomic E-state index is 0.0501. The van der Waals surface area contributed by atoms with Crippen molar-refractivity contribution in [3.8, 4) is 0 Å². The molecule has 0 aromatic carbocycles. The summed E-state index contributed by atoms with van der Waals surface area (Å²) in [5.74, 6) is -0.833. The predicted octanol–water partition coefficient (Wildman–Crippen LogP) is 0.480. The second kappa shape index (κ2) is 4.75. The summed E-state index contributed by atoms with van der Waals surface area (Å²) < 4.78 is 1.87. The van der Waals surface area contributed by atoms with Gasteiger partial charge in [-0.05, 0) is 12.5 Å². The fraction of sp³-hybridized carbons (Fsp3) is 0.417. The van der Waals surface area contributed by atoms with Crippen LogP contribution in [-0.4, -0.2) is 44.9 Å². The van der Waals surface area contributed by atoms with Crippen molar-refractivity contribution in [3.05, 3.63) is 24.0 Å². The van der Waals surface area contributed by atoms with Crippen LogP contribution in [0.5, 0.6) is 0 Å². The fourth-order valence-electron chi connectivity index (χ4n) is 2.49. The highest BCUT2D eigenvalue weighted by molar-refractivity contribution is 5.73. The van der Waals surface area contributed by atoms with Crippen molar-refractivity contribution in [3.63, 3.8) is 0 Å². The molecule has 1 fully saturated rings. The number of carbonyl (C=O) groups excluding carboxylic acids is 1. The lowest BCUT2D eigenvalue weighted by Crippen LogP contribution is -2.36. The molecule has 7 heteroatoms. The number of hydrogen-bond acceptors (Lipinski definition) is 3. The number of aromatic nitrogens is 2. The molecule has 0 radical (unpaired) electrons. The van der Waals surface area contributed by atoms with E-state index >= 15 is 0 Å². The van der Waals surface area contributed by atoms with Gasteiger partial charge < -0.3 is 15.7 Å². The molecule has 7 nitrogen and oxygen atoms in total. The predicted molar refractivity (Wildman–Crippen MR) is 68.3 cm³/mol. The quantitative estimate of drug-likeness (QED) is 0.711. The molecular formula is C12H16N4O3. The average molecular weight is 264 g/mol. The number of carbonyl (C=O) groups is 2. The number of nitrogens with zero attached hydrogens (tertiary/aromatic N) is 3. The second-order valence-electron chi connectivity index (χ2n) is 4.66. The summed E-state index contributed by atoms with van der Waals surface area (Å²) in [6.45, 7) is 2.48. The van der Waals surface area contributed by atoms with Gasteiger partial charge in [0.1, 0.15) is 0 Å². The van der Waals surface area contributed by atoms with Gasteiger partial charge in [-0.3, -0.25) is 4.79 Å². The van der Waals surface area contributed by atoms with E-state index in [0.29, 0.717) is 6.54 Å². The summed E-state index contributed by atoms with van der Waals surface area (Å²) in [6, 6.07) is 1.67. The Kier molecular flexibility index (Phi) is 3.28. The molecule has 2 amide bonds. The van der Waals surface area contributed by atoms with Crippen molar-refractivity contribution < 1.29 is 14.7 Å². The summed E-state index contributed by atoms with van der Waals surface area (Å²) in [7, 11) is 0. The van der Waals surface area contributed by atoms with Gasteiger partial charge in [0.05, 0.1) is 11.1 Å². The Labute approximate surface area is 110 Å². The molecule has 0 aliphatic carbocycles. The Morgan fingerprint density at radius 1 is 1.53 bits per heavy atom. The number of carboxylic acid groups (broad SMARTS) is 1. The number of primary amides is 1. The van der Waals surface area contributed by atoms with Crippen LogP contribution in [0.25, 0.3) is 6.20 Å². The van der Waals surface area contributed by atoms with Crippen molar-refractivity contribution in [2.24, 2.45) is 5.73 Å². The molecule has 1 saturated heterocycles. The van der Waals surface area contributed by atoms with Crippen LogP contribution >= 0.6 is 0 Å². The first-order valence-corrected chi connectivity index (χ1v) is 5.92. The highest BCUT2D eigenvalue weighted by Crippen LogP contribution is 2.39. The van der Waals surface area contributed by atoms with E-state index in [1.54, 1.807) is 11.1 Å². The molecule has 0 saturated carbocycles. The van der Waals surface area contributed by atoms with Gasteiger partial charge in [0.2, 0.25) is 0 Å². The maximum atomic E-state index is 11.1. The maximum Gasteiger partial charge on any atom is 0.314 e. The first-order chi connectivity index (χ1) is 8.94. The van der Waals surface area contributed by atoms with Crippen LogP contribution in [0.3, 0.4) is 0 Å². The molecule has 2 aliphatic rings. The molecular weight excluding hydrogens is 248 g/mol. The molecule has 3 N–H and O–H groups in total. The summed E-state index contributed by atoms with van der Waals surface area (Å²) >= 11 is 0. The molecule has 1 atom stereocenters. The molecule has 0 bridgehead atoms. The molecule has 102 valence electrons. The van der Waals surface area contributed by atoms with E-state index in [-0.39, 0.29) is 11.4 Å². The minimum Gasteiger partial charge on any atom is -0.481 e. The largest absolute Gasteiger partial charge is 0.481 e. The highest BCUT2D eigenvalue weighted by Gasteiger charge is 2.43. The van der Waals surface area contributed by atoms with Crippen LogP contribution in [0.15, 0.2) is 18.3 Å². The number of nitrogens with two attached hydrogens (primary N) is 1. The number of hydrogen-bond donors (Lipinski definition) is 2. The van der Waals surface area contributed by atoms with Crippen molar-refractivity contribution in [2.75, 3.05) is 13.1 Å². The van der Waals surface area contributed by atoms with Gasteiger partial charge in [0.25, 0.3) is 5.97 Å². The van der Waals surface area contributed by atoms with E-state index in [1.807, 2.05) is 16.9 Å². The summed E-state index contributed by atoms with van der Waals surface area (Å²) in [4.78, 5) is 21.8. The van der Waals surface area contributed by atoms with E-state index in [0.717, 1.165) is 25.6 Å². The van der Waals surface area contributed by atoms with Crippen molar-refractivity contribution in [2.45, 2.75) is 18.8 Å². The molecule has 3 rings (SSSR count). The van der Waals surface area contributed by atoms with Gasteiger partial charge in [0, 0.05) is 32.4 Å². The van der Waals surface area contributed by atoms with Crippen LogP contribution in [0.4, 0.5) is 4.79 Å². The van der Waals surface area contributed by atoms with Crippen molar-refractivity contribution in [1.82, 2.24) is 14.7 Å². The molecule has 1 unspecified atom stereocenters. The zero-order valence-electron chi connectivity index (χ0n) is 10.6. The van der Waals surface area contributed by atoms with E-state index in [2.05, 4.69) is 11.2 Å². The minimum atomic E-state index is -0.833. The van der Waals surface area contributed by atoms with Gasteiger partial charge in [-0.2, -0.15) is 5.10 Å². The summed E-state index contributed by atoms with van der Waals surface area (Å²) in [6.07, 6.45) is 6.80. The zero-order valence-corrected chi connectivity index (χ0v) is 10.6. The van der Waals surface area contributed by atoms with E-state index < -0.39 is 5.97 Å². The van der Waals surface area contributed by atoms with Crippen molar-refractivity contribution in [1.29, 1.82) is 0 Å². The normalized spacial score (nSPS) is 23.1. The van der Waals surface area contributed by atoms with Crippen LogP contribution in [0.2, 0.25) is 0 Å². The van der Waals surface area contributed by atoms with Gasteiger partial charge in [-0.15, -0.1) is 0 Å². The Morgan fingerprint density at radius 3 is 2.79 bits per heavy atom. The van der Waals surface area contributed by atoms with E-state index in [1.165, 1.54) is 0 Å². The third kappa shape index (κ3) is 2.44. The third-order valence-electron chi connectivity index (χ3n) is 3.33. The zero-order chi connectivity index (χ0) is 14.0. The lowest BCUT2D eigenvalue weighted by atomic mass is 9.85. The summed E-state index contributed by atoms with van der Waals surface area (Å²) in [5.41, 5.74) is 6.39. The monoisotopic (exact) mass is 264 g/mol. The lowest BCUT2D eigenvalue weighted by molar-refractivity contribution is -0.134. The van der Waals surface area contributed by atoms with E-state index in [9.17, 15) is 4.79 Å². The number of carboxylic acids is 1. The molecule has 1 aromatic heterocycles. The lowest BCUT2D eigenvalue weighted by Gasteiger charge is -2.20. The average Bonchev–Trinajstić information content (AvgIpc) is 2.99. The molecule has 2 aliphatic heterocycles. The van der Waals surface area contributed by atoms with Gasteiger partial charge in [-0.25, -0.2) is 9.48 Å². The van der Waals surface area contributed by atoms with Gasteiger partial charge >= 0.3 is 6.03 Å². The first-order valence-electron chi connectivity index (χ1n) is 5.92. The highest BCUT2D eigenvalue weighted by atomic mass is 16.4. The fourth-order valence-corrected chi connectivity index (χ4v) is 2.49. The van der Waals surface area contributed by atoms with Crippen LogP contribution in [-0.2, 0) is 10.2 Å². The standard InChI is InChI=1S/C10H12N4O.C2H4O2/c11-9(15)13-5-2-10(7-13)3-6-14-8(10)1-4-12-14;1-2(3)4/h1,3-4,6H,2,5,7H2,(H2,11,15);1H3,(H,3,4). The van der Waals surface area contributed by atoms with E-state index in [4.69, 9.17) is 15.6 Å².